The zero-order valence-corrected chi connectivity index (χ0v) is 20.4. The summed E-state index contributed by atoms with van der Waals surface area (Å²) in [5, 5.41) is 14.3. The van der Waals surface area contributed by atoms with Gasteiger partial charge in [0.05, 0.1) is 39.6 Å². The fourth-order valence-electron chi connectivity index (χ4n) is 1.17. The van der Waals surface area contributed by atoms with Crippen molar-refractivity contribution in [3.05, 3.63) is 0 Å². The summed E-state index contributed by atoms with van der Waals surface area (Å²) in [4.78, 5) is 0. The van der Waals surface area contributed by atoms with E-state index < -0.39 is 0 Å². The van der Waals surface area contributed by atoms with E-state index in [1.165, 1.54) is 0 Å². The van der Waals surface area contributed by atoms with E-state index in [0.29, 0.717) is 26.6 Å². The molecule has 0 heterocycles. The van der Waals surface area contributed by atoms with Crippen LogP contribution in [0.4, 0.5) is 0 Å². The SMILES string of the molecule is CCOCNNC.CNC(C)(C)COC.CNCCOC.COCCOCCO. The van der Waals surface area contributed by atoms with Crippen LogP contribution in [0.5, 0.6) is 0 Å². The molecule has 0 amide bonds. The standard InChI is InChI=1S/C6H15NO.C5H12O3.C4H12N2O.C4H11NO/c1-6(2,7-3)5-8-4;1-7-4-5-8-3-2-6;1-3-7-4-6-5-2;1-5-3-4-6-2/h7H,5H2,1-4H3;6H,2-5H2,1H3;5-6H,3-4H2,1-2H3;5H,3-4H2,1-2H3. The molecule has 0 fully saturated rings. The van der Waals surface area contributed by atoms with Gasteiger partial charge in [-0.1, -0.05) is 0 Å². The predicted molar refractivity (Wildman–Crippen MR) is 119 cm³/mol. The Kier molecular flexibility index (Phi) is 43.5. The fourth-order valence-corrected chi connectivity index (χ4v) is 1.17. The molecule has 29 heavy (non-hydrogen) atoms. The van der Waals surface area contributed by atoms with Crippen LogP contribution in [-0.2, 0) is 23.7 Å². The van der Waals surface area contributed by atoms with Crippen LogP contribution in [0, 0.1) is 0 Å². The number of methoxy groups -OCH3 is 3. The summed E-state index contributed by atoms with van der Waals surface area (Å²) >= 11 is 0. The van der Waals surface area contributed by atoms with Crippen LogP contribution in [0.15, 0.2) is 0 Å². The first-order valence-corrected chi connectivity index (χ1v) is 9.83. The normalized spacial score (nSPS) is 10.1. The Labute approximate surface area is 179 Å². The van der Waals surface area contributed by atoms with Crippen LogP contribution in [0.25, 0.3) is 0 Å². The van der Waals surface area contributed by atoms with Crippen LogP contribution in [0.2, 0.25) is 0 Å². The summed E-state index contributed by atoms with van der Waals surface area (Å²) < 4.78 is 24.1. The number of aliphatic hydroxyl groups excluding tert-OH is 1. The lowest BCUT2D eigenvalue weighted by Gasteiger charge is -2.21. The van der Waals surface area contributed by atoms with E-state index in [4.69, 9.17) is 24.1 Å². The van der Waals surface area contributed by atoms with Crippen molar-refractivity contribution in [2.75, 3.05) is 102 Å². The van der Waals surface area contributed by atoms with E-state index in [0.717, 1.165) is 26.4 Å². The van der Waals surface area contributed by atoms with Gasteiger partial charge >= 0.3 is 0 Å². The van der Waals surface area contributed by atoms with Crippen molar-refractivity contribution in [1.82, 2.24) is 21.5 Å². The summed E-state index contributed by atoms with van der Waals surface area (Å²) in [6.45, 7) is 11.6. The molecular formula is C19H50N4O6. The minimum absolute atomic E-state index is 0.0870. The van der Waals surface area contributed by atoms with E-state index in [-0.39, 0.29) is 12.1 Å². The van der Waals surface area contributed by atoms with Gasteiger partial charge in [0, 0.05) is 40.0 Å². The molecule has 0 spiro atoms. The molecule has 0 aliphatic carbocycles. The quantitative estimate of drug-likeness (QED) is 0.136. The maximum Gasteiger partial charge on any atom is 0.109 e. The van der Waals surface area contributed by atoms with Gasteiger partial charge in [-0.2, -0.15) is 0 Å². The summed E-state index contributed by atoms with van der Waals surface area (Å²) in [5.74, 6) is 0. The summed E-state index contributed by atoms with van der Waals surface area (Å²) in [6.07, 6.45) is 0. The van der Waals surface area contributed by atoms with Gasteiger partial charge in [-0.3, -0.25) is 5.43 Å². The van der Waals surface area contributed by atoms with Crippen LogP contribution in [-0.4, -0.2) is 113 Å². The molecule has 10 nitrogen and oxygen atoms in total. The Hall–Kier alpha value is -0.400. The van der Waals surface area contributed by atoms with Gasteiger partial charge in [0.1, 0.15) is 6.73 Å². The minimum Gasteiger partial charge on any atom is -0.394 e. The largest absolute Gasteiger partial charge is 0.394 e. The van der Waals surface area contributed by atoms with Crippen LogP contribution >= 0.6 is 0 Å². The van der Waals surface area contributed by atoms with Gasteiger partial charge in [0.25, 0.3) is 0 Å². The van der Waals surface area contributed by atoms with Crippen molar-refractivity contribution in [1.29, 1.82) is 0 Å². The molecule has 10 heteroatoms. The lowest BCUT2D eigenvalue weighted by Crippen LogP contribution is -2.40. The number of hydrazine groups is 1. The zero-order valence-electron chi connectivity index (χ0n) is 20.4. The highest BCUT2D eigenvalue weighted by Crippen LogP contribution is 1.98. The highest BCUT2D eigenvalue weighted by molar-refractivity contribution is 4.73. The van der Waals surface area contributed by atoms with Gasteiger partial charge in [0.15, 0.2) is 0 Å². The highest BCUT2D eigenvalue weighted by atomic mass is 16.5. The molecule has 0 aromatic rings. The lowest BCUT2D eigenvalue weighted by molar-refractivity contribution is 0.0500. The first kappa shape index (κ1) is 36.0. The highest BCUT2D eigenvalue weighted by Gasteiger charge is 2.12. The third-order valence-corrected chi connectivity index (χ3v) is 2.96. The summed E-state index contributed by atoms with van der Waals surface area (Å²) in [5.41, 5.74) is 5.62. The molecule has 0 saturated carbocycles. The molecule has 0 bridgehead atoms. The maximum atomic E-state index is 8.20. The summed E-state index contributed by atoms with van der Waals surface area (Å²) in [6, 6.07) is 0. The van der Waals surface area contributed by atoms with Crippen molar-refractivity contribution >= 4 is 0 Å². The van der Waals surface area contributed by atoms with E-state index >= 15 is 0 Å². The Balaban J connectivity index is -0.000000145. The molecule has 182 valence electrons. The van der Waals surface area contributed by atoms with Gasteiger partial charge in [0.2, 0.25) is 0 Å². The second-order valence-corrected chi connectivity index (χ2v) is 6.06. The Morgan fingerprint density at radius 3 is 1.76 bits per heavy atom. The molecule has 0 aliphatic rings. The second-order valence-electron chi connectivity index (χ2n) is 6.06. The topological polar surface area (TPSA) is 115 Å². The molecular weight excluding hydrogens is 380 g/mol. The number of ether oxygens (including phenoxy) is 5. The number of aliphatic hydroxyl groups is 1. The molecule has 0 unspecified atom stereocenters. The van der Waals surface area contributed by atoms with Gasteiger partial charge in [-0.05, 0) is 41.9 Å². The average Bonchev–Trinajstić information content (AvgIpc) is 2.71. The third kappa shape index (κ3) is 52.3. The predicted octanol–water partition coefficient (Wildman–Crippen LogP) is -0.171. The second kappa shape index (κ2) is 35.1. The average molecular weight is 431 g/mol. The molecule has 0 saturated heterocycles. The first-order chi connectivity index (χ1) is 13.9. The first-order valence-electron chi connectivity index (χ1n) is 9.83. The van der Waals surface area contributed by atoms with Crippen molar-refractivity contribution in [3.8, 4) is 0 Å². The van der Waals surface area contributed by atoms with E-state index in [1.54, 1.807) is 28.4 Å². The third-order valence-electron chi connectivity index (χ3n) is 2.96. The van der Waals surface area contributed by atoms with Gasteiger partial charge in [-0.15, -0.1) is 0 Å². The fraction of sp³-hybridized carbons (Fsp3) is 1.00. The van der Waals surface area contributed by atoms with Crippen LogP contribution in [0.1, 0.15) is 20.8 Å². The number of hydrogen-bond acceptors (Lipinski definition) is 10. The summed E-state index contributed by atoms with van der Waals surface area (Å²) in [7, 11) is 10.6. The Morgan fingerprint density at radius 1 is 0.828 bits per heavy atom. The van der Waals surface area contributed by atoms with Crippen molar-refractivity contribution in [3.63, 3.8) is 0 Å². The maximum absolute atomic E-state index is 8.20. The van der Waals surface area contributed by atoms with E-state index in [2.05, 4.69) is 40.1 Å². The number of likely N-dealkylation sites (N-methyl/N-ethyl adjacent to an activating group) is 2. The van der Waals surface area contributed by atoms with Crippen LogP contribution in [0.3, 0.4) is 0 Å². The molecule has 0 aliphatic heterocycles. The van der Waals surface area contributed by atoms with E-state index in [9.17, 15) is 0 Å². The molecule has 0 aromatic carbocycles. The zero-order chi connectivity index (χ0) is 23.2. The molecule has 0 rings (SSSR count). The van der Waals surface area contributed by atoms with Crippen molar-refractivity contribution < 1.29 is 28.8 Å². The Morgan fingerprint density at radius 2 is 1.45 bits per heavy atom. The number of rotatable bonds is 15. The monoisotopic (exact) mass is 430 g/mol. The minimum atomic E-state index is 0.0870. The Bertz CT molecular complexity index is 239. The van der Waals surface area contributed by atoms with Gasteiger partial charge < -0.3 is 39.4 Å². The smallest absolute Gasteiger partial charge is 0.109 e. The van der Waals surface area contributed by atoms with E-state index in [1.807, 2.05) is 21.0 Å². The lowest BCUT2D eigenvalue weighted by atomic mass is 10.1. The molecule has 5 N–H and O–H groups in total. The van der Waals surface area contributed by atoms with Crippen LogP contribution < -0.4 is 21.5 Å². The number of hydrogen-bond donors (Lipinski definition) is 5. The molecule has 0 atom stereocenters. The van der Waals surface area contributed by atoms with Crippen molar-refractivity contribution in [2.45, 2.75) is 26.3 Å². The molecule has 0 aromatic heterocycles. The molecule has 0 radical (unpaired) electrons. The van der Waals surface area contributed by atoms with Crippen molar-refractivity contribution in [2.24, 2.45) is 0 Å². The van der Waals surface area contributed by atoms with Gasteiger partial charge in [-0.25, -0.2) is 5.43 Å². The number of nitrogens with one attached hydrogen (secondary N) is 4.